The highest BCUT2D eigenvalue weighted by atomic mass is 16.5. The van der Waals surface area contributed by atoms with Gasteiger partial charge in [-0.15, -0.1) is 0 Å². The number of hydrogen-bond acceptors (Lipinski definition) is 4. The van der Waals surface area contributed by atoms with E-state index in [2.05, 4.69) is 37.8 Å². The van der Waals surface area contributed by atoms with E-state index in [9.17, 15) is 0 Å². The van der Waals surface area contributed by atoms with Gasteiger partial charge in [-0.25, -0.2) is 9.98 Å². The van der Waals surface area contributed by atoms with Crippen LogP contribution in [0.1, 0.15) is 18.3 Å². The Bertz CT molecular complexity index is 620. The lowest BCUT2D eigenvalue weighted by Crippen LogP contribution is -2.38. The number of guanidine groups is 1. The number of nitrogens with one attached hydrogen (secondary N) is 2. The van der Waals surface area contributed by atoms with Gasteiger partial charge in [0.15, 0.2) is 5.96 Å². The summed E-state index contributed by atoms with van der Waals surface area (Å²) >= 11 is 0. The molecule has 1 aromatic heterocycles. The Morgan fingerprint density at radius 3 is 2.65 bits per heavy atom. The standard InChI is InChI=1S/C16H24N6O/c1-4-17-16(19-11-15-20-12-21-22(15)2)18-10-9-13-5-7-14(23-3)8-6-13/h5-8,12H,4,9-11H2,1-3H3,(H2,17,18,19). The molecule has 1 aromatic carbocycles. The average molecular weight is 316 g/mol. The van der Waals surface area contributed by atoms with Crippen molar-refractivity contribution in [2.75, 3.05) is 20.2 Å². The number of aromatic nitrogens is 3. The zero-order valence-corrected chi connectivity index (χ0v) is 13.9. The quantitative estimate of drug-likeness (QED) is 0.591. The molecule has 1 heterocycles. The second kappa shape index (κ2) is 8.77. The summed E-state index contributed by atoms with van der Waals surface area (Å²) in [4.78, 5) is 8.70. The van der Waals surface area contributed by atoms with Crippen molar-refractivity contribution in [2.24, 2.45) is 12.0 Å². The molecule has 0 aliphatic rings. The smallest absolute Gasteiger partial charge is 0.191 e. The van der Waals surface area contributed by atoms with Crippen LogP contribution < -0.4 is 15.4 Å². The molecule has 0 aliphatic heterocycles. The normalized spacial score (nSPS) is 11.3. The lowest BCUT2D eigenvalue weighted by Gasteiger charge is -2.11. The van der Waals surface area contributed by atoms with Gasteiger partial charge in [-0.1, -0.05) is 12.1 Å². The molecular formula is C16H24N6O. The van der Waals surface area contributed by atoms with Gasteiger partial charge in [-0.3, -0.25) is 4.68 Å². The molecule has 0 aliphatic carbocycles. The third-order valence-corrected chi connectivity index (χ3v) is 3.39. The van der Waals surface area contributed by atoms with Crippen molar-refractivity contribution in [1.29, 1.82) is 0 Å². The second-order valence-electron chi connectivity index (χ2n) is 5.02. The fourth-order valence-corrected chi connectivity index (χ4v) is 2.07. The molecule has 0 radical (unpaired) electrons. The number of rotatable bonds is 7. The summed E-state index contributed by atoms with van der Waals surface area (Å²) in [5.41, 5.74) is 1.25. The maximum Gasteiger partial charge on any atom is 0.191 e. The molecule has 124 valence electrons. The fraction of sp³-hybridized carbons (Fsp3) is 0.438. The Morgan fingerprint density at radius 2 is 2.04 bits per heavy atom. The van der Waals surface area contributed by atoms with E-state index < -0.39 is 0 Å². The van der Waals surface area contributed by atoms with Gasteiger partial charge in [0.05, 0.1) is 7.11 Å². The number of hydrogen-bond donors (Lipinski definition) is 2. The van der Waals surface area contributed by atoms with E-state index in [1.54, 1.807) is 11.8 Å². The molecule has 7 nitrogen and oxygen atoms in total. The zero-order valence-electron chi connectivity index (χ0n) is 13.9. The monoisotopic (exact) mass is 316 g/mol. The number of aryl methyl sites for hydroxylation is 1. The van der Waals surface area contributed by atoms with Gasteiger partial charge in [-0.2, -0.15) is 5.10 Å². The van der Waals surface area contributed by atoms with E-state index in [4.69, 9.17) is 4.74 Å². The van der Waals surface area contributed by atoms with Crippen LogP contribution in [-0.2, 0) is 20.0 Å². The SMILES string of the molecule is CCNC(=NCc1ncnn1C)NCCc1ccc(OC)cc1. The molecule has 23 heavy (non-hydrogen) atoms. The highest BCUT2D eigenvalue weighted by Gasteiger charge is 2.02. The first-order valence-electron chi connectivity index (χ1n) is 7.71. The summed E-state index contributed by atoms with van der Waals surface area (Å²) in [7, 11) is 3.54. The van der Waals surface area contributed by atoms with Crippen molar-refractivity contribution < 1.29 is 4.74 Å². The minimum absolute atomic E-state index is 0.494. The second-order valence-corrected chi connectivity index (χ2v) is 5.02. The topological polar surface area (TPSA) is 76.4 Å². The number of benzene rings is 1. The van der Waals surface area contributed by atoms with E-state index in [1.165, 1.54) is 11.9 Å². The van der Waals surface area contributed by atoms with Crippen LogP contribution in [0.15, 0.2) is 35.6 Å². The molecular weight excluding hydrogens is 292 g/mol. The lowest BCUT2D eigenvalue weighted by molar-refractivity contribution is 0.414. The van der Waals surface area contributed by atoms with Crippen molar-refractivity contribution in [2.45, 2.75) is 19.9 Å². The lowest BCUT2D eigenvalue weighted by atomic mass is 10.1. The molecule has 0 bridgehead atoms. The Morgan fingerprint density at radius 1 is 1.26 bits per heavy atom. The van der Waals surface area contributed by atoms with Crippen LogP contribution >= 0.6 is 0 Å². The molecule has 0 saturated heterocycles. The predicted molar refractivity (Wildman–Crippen MR) is 90.5 cm³/mol. The maximum absolute atomic E-state index is 5.16. The summed E-state index contributed by atoms with van der Waals surface area (Å²) < 4.78 is 6.89. The van der Waals surface area contributed by atoms with Crippen LogP contribution in [0.3, 0.4) is 0 Å². The summed E-state index contributed by atoms with van der Waals surface area (Å²) in [5, 5.41) is 10.6. The molecule has 0 amide bonds. The molecule has 7 heteroatoms. The van der Waals surface area contributed by atoms with Crippen molar-refractivity contribution in [3.63, 3.8) is 0 Å². The Labute approximate surface area is 136 Å². The van der Waals surface area contributed by atoms with Crippen LogP contribution in [0.25, 0.3) is 0 Å². The average Bonchev–Trinajstić information content (AvgIpc) is 2.98. The van der Waals surface area contributed by atoms with Gasteiger partial charge in [0.25, 0.3) is 0 Å². The van der Waals surface area contributed by atoms with Crippen LogP contribution in [0.5, 0.6) is 5.75 Å². The largest absolute Gasteiger partial charge is 0.497 e. The number of nitrogens with zero attached hydrogens (tertiary/aromatic N) is 4. The fourth-order valence-electron chi connectivity index (χ4n) is 2.07. The molecule has 0 spiro atoms. The van der Waals surface area contributed by atoms with Crippen molar-refractivity contribution in [3.8, 4) is 5.75 Å². The summed E-state index contributed by atoms with van der Waals surface area (Å²) in [6.07, 6.45) is 2.45. The third-order valence-electron chi connectivity index (χ3n) is 3.39. The summed E-state index contributed by atoms with van der Waals surface area (Å²) in [5.74, 6) is 2.49. The maximum atomic E-state index is 5.16. The van der Waals surface area contributed by atoms with Gasteiger partial charge < -0.3 is 15.4 Å². The van der Waals surface area contributed by atoms with Crippen LogP contribution in [0.2, 0.25) is 0 Å². The Balaban J connectivity index is 1.85. The van der Waals surface area contributed by atoms with Gasteiger partial charge in [-0.05, 0) is 31.0 Å². The minimum atomic E-state index is 0.494. The first-order chi connectivity index (χ1) is 11.2. The highest BCUT2D eigenvalue weighted by Crippen LogP contribution is 2.11. The van der Waals surface area contributed by atoms with Crippen LogP contribution in [0.4, 0.5) is 0 Å². The molecule has 2 rings (SSSR count). The predicted octanol–water partition coefficient (Wildman–Crippen LogP) is 1.12. The molecule has 0 fully saturated rings. The van der Waals surface area contributed by atoms with Gasteiger partial charge in [0.2, 0.25) is 0 Å². The number of methoxy groups -OCH3 is 1. The molecule has 0 atom stereocenters. The van der Waals surface area contributed by atoms with Gasteiger partial charge >= 0.3 is 0 Å². The van der Waals surface area contributed by atoms with Crippen LogP contribution in [0, 0.1) is 0 Å². The minimum Gasteiger partial charge on any atom is -0.497 e. The highest BCUT2D eigenvalue weighted by molar-refractivity contribution is 5.79. The van der Waals surface area contributed by atoms with E-state index in [1.807, 2.05) is 26.1 Å². The van der Waals surface area contributed by atoms with E-state index in [-0.39, 0.29) is 0 Å². The van der Waals surface area contributed by atoms with Gasteiger partial charge in [0.1, 0.15) is 24.4 Å². The Kier molecular flexibility index (Phi) is 6.40. The number of aliphatic imine (C=N–C) groups is 1. The summed E-state index contributed by atoms with van der Waals surface area (Å²) in [6.45, 7) is 4.15. The van der Waals surface area contributed by atoms with Crippen molar-refractivity contribution >= 4 is 5.96 Å². The van der Waals surface area contributed by atoms with E-state index in [0.29, 0.717) is 6.54 Å². The van der Waals surface area contributed by atoms with Crippen molar-refractivity contribution in [3.05, 3.63) is 42.0 Å². The molecule has 0 saturated carbocycles. The molecule has 0 unspecified atom stereocenters. The molecule has 2 N–H and O–H groups in total. The first-order valence-corrected chi connectivity index (χ1v) is 7.71. The summed E-state index contributed by atoms with van der Waals surface area (Å²) in [6, 6.07) is 8.10. The van der Waals surface area contributed by atoms with E-state index >= 15 is 0 Å². The molecule has 2 aromatic rings. The van der Waals surface area contributed by atoms with E-state index in [0.717, 1.165) is 37.0 Å². The van der Waals surface area contributed by atoms with Crippen LogP contribution in [-0.4, -0.2) is 40.9 Å². The zero-order chi connectivity index (χ0) is 16.5. The number of ether oxygens (including phenoxy) is 1. The third kappa shape index (κ3) is 5.28. The van der Waals surface area contributed by atoms with Crippen molar-refractivity contribution in [1.82, 2.24) is 25.4 Å². The van der Waals surface area contributed by atoms with Gasteiger partial charge in [0, 0.05) is 20.1 Å². The Hall–Kier alpha value is -2.57. The first kappa shape index (κ1) is 16.8.